The van der Waals surface area contributed by atoms with Crippen LogP contribution in [0.2, 0.25) is 0 Å². The highest BCUT2D eigenvalue weighted by atomic mass is 16.5. The molecule has 1 atom stereocenters. The van der Waals surface area contributed by atoms with Crippen molar-refractivity contribution in [1.82, 2.24) is 19.9 Å². The van der Waals surface area contributed by atoms with E-state index in [1.54, 1.807) is 31.3 Å². The summed E-state index contributed by atoms with van der Waals surface area (Å²) in [6.45, 7) is 3.21. The van der Waals surface area contributed by atoms with Crippen molar-refractivity contribution in [1.29, 1.82) is 0 Å². The average Bonchev–Trinajstić information content (AvgIpc) is 2.66. The number of hydrogen-bond donors (Lipinski definition) is 2. The van der Waals surface area contributed by atoms with Gasteiger partial charge in [0.25, 0.3) is 0 Å². The summed E-state index contributed by atoms with van der Waals surface area (Å²) >= 11 is 0. The van der Waals surface area contributed by atoms with Gasteiger partial charge in [-0.1, -0.05) is 0 Å². The second-order valence-electron chi connectivity index (χ2n) is 6.24. The molecule has 0 bridgehead atoms. The normalized spacial score (nSPS) is 14.7. The van der Waals surface area contributed by atoms with Gasteiger partial charge in [0.1, 0.15) is 5.82 Å². The van der Waals surface area contributed by atoms with Crippen molar-refractivity contribution in [2.45, 2.75) is 26.0 Å². The van der Waals surface area contributed by atoms with E-state index in [2.05, 4.69) is 20.3 Å². The third kappa shape index (κ3) is 4.14. The minimum Gasteiger partial charge on any atom is -0.389 e. The summed E-state index contributed by atoms with van der Waals surface area (Å²) in [4.78, 5) is 26.9. The summed E-state index contributed by atoms with van der Waals surface area (Å²) in [5, 5.41) is 13.1. The Labute approximate surface area is 152 Å². The highest BCUT2D eigenvalue weighted by Crippen LogP contribution is 2.27. The van der Waals surface area contributed by atoms with Crippen LogP contribution in [-0.4, -0.2) is 63.8 Å². The molecule has 8 heteroatoms. The lowest BCUT2D eigenvalue weighted by Gasteiger charge is -2.29. The Morgan fingerprint density at radius 3 is 3.00 bits per heavy atom. The number of nitrogens with one attached hydrogen (secondary N) is 1. The number of anilines is 1. The van der Waals surface area contributed by atoms with E-state index in [9.17, 15) is 9.90 Å². The Morgan fingerprint density at radius 1 is 1.46 bits per heavy atom. The number of methoxy groups -OCH3 is 1. The highest BCUT2D eigenvalue weighted by molar-refractivity contribution is 5.74. The number of nitrogens with zero attached hydrogens (tertiary/aromatic N) is 4. The number of rotatable bonds is 6. The van der Waals surface area contributed by atoms with E-state index < -0.39 is 6.10 Å². The van der Waals surface area contributed by atoms with E-state index in [0.717, 1.165) is 16.8 Å². The van der Waals surface area contributed by atoms with E-state index in [-0.39, 0.29) is 12.5 Å². The fourth-order valence-electron chi connectivity index (χ4n) is 2.94. The summed E-state index contributed by atoms with van der Waals surface area (Å²) in [7, 11) is 1.55. The number of hydrogen-bond acceptors (Lipinski definition) is 7. The first kappa shape index (κ1) is 18.2. The van der Waals surface area contributed by atoms with Crippen molar-refractivity contribution in [3.05, 3.63) is 35.8 Å². The van der Waals surface area contributed by atoms with Crippen LogP contribution < -0.4 is 5.32 Å². The maximum atomic E-state index is 11.7. The zero-order valence-corrected chi connectivity index (χ0v) is 15.0. The first-order chi connectivity index (χ1) is 12.6. The Bertz CT molecular complexity index is 769. The molecule has 3 heterocycles. The molecule has 0 aromatic carbocycles. The van der Waals surface area contributed by atoms with Gasteiger partial charge < -0.3 is 20.1 Å². The summed E-state index contributed by atoms with van der Waals surface area (Å²) in [5.41, 5.74) is 2.61. The van der Waals surface area contributed by atoms with Crippen LogP contribution in [0.3, 0.4) is 0 Å². The average molecular weight is 357 g/mol. The van der Waals surface area contributed by atoms with Crippen molar-refractivity contribution in [2.24, 2.45) is 0 Å². The minimum atomic E-state index is -0.634. The molecule has 3 rings (SSSR count). The van der Waals surface area contributed by atoms with Crippen LogP contribution in [0.25, 0.3) is 11.4 Å². The van der Waals surface area contributed by atoms with E-state index in [1.807, 2.05) is 12.1 Å². The second kappa shape index (κ2) is 8.20. The number of fused-ring (bicyclic) bond motifs is 1. The molecule has 138 valence electrons. The molecule has 1 unspecified atom stereocenters. The first-order valence-electron chi connectivity index (χ1n) is 8.55. The summed E-state index contributed by atoms with van der Waals surface area (Å²) in [6, 6.07) is 3.72. The molecule has 2 N–H and O–H groups in total. The SMILES string of the molecule is COCC(O)CNc1nc(-c2cccnc2)nc2c1CCN(C(C)=O)C2. The lowest BCUT2D eigenvalue weighted by molar-refractivity contribution is -0.129. The lowest BCUT2D eigenvalue weighted by Crippen LogP contribution is -2.36. The van der Waals surface area contributed by atoms with Crippen molar-refractivity contribution in [2.75, 3.05) is 32.1 Å². The van der Waals surface area contributed by atoms with Crippen molar-refractivity contribution < 1.29 is 14.6 Å². The molecule has 26 heavy (non-hydrogen) atoms. The van der Waals surface area contributed by atoms with Crippen LogP contribution in [0.1, 0.15) is 18.2 Å². The summed E-state index contributed by atoms with van der Waals surface area (Å²) < 4.78 is 4.96. The molecule has 0 radical (unpaired) electrons. The zero-order valence-electron chi connectivity index (χ0n) is 15.0. The predicted molar refractivity (Wildman–Crippen MR) is 96.4 cm³/mol. The summed E-state index contributed by atoms with van der Waals surface area (Å²) in [6.07, 6.45) is 3.44. The molecule has 0 saturated carbocycles. The molecule has 8 nitrogen and oxygen atoms in total. The predicted octanol–water partition coefficient (Wildman–Crippen LogP) is 0.862. The Balaban J connectivity index is 1.94. The van der Waals surface area contributed by atoms with Crippen LogP contribution >= 0.6 is 0 Å². The zero-order chi connectivity index (χ0) is 18.5. The molecular formula is C18H23N5O3. The number of aliphatic hydroxyl groups is 1. The molecule has 0 aliphatic carbocycles. The fourth-order valence-corrected chi connectivity index (χ4v) is 2.94. The number of aromatic nitrogens is 3. The summed E-state index contributed by atoms with van der Waals surface area (Å²) in [5.74, 6) is 1.26. The number of carbonyl (C=O) groups excluding carboxylic acids is 1. The largest absolute Gasteiger partial charge is 0.389 e. The maximum absolute atomic E-state index is 11.7. The van der Waals surface area contributed by atoms with Crippen LogP contribution in [0, 0.1) is 0 Å². The number of amides is 1. The standard InChI is InChI=1S/C18H23N5O3/c1-12(24)23-7-5-15-16(10-23)21-17(13-4-3-6-19-8-13)22-18(15)20-9-14(25)11-26-2/h3-4,6,8,14,25H,5,7,9-11H2,1-2H3,(H,20,21,22). The molecule has 1 amide bonds. The fraction of sp³-hybridized carbons (Fsp3) is 0.444. The van der Waals surface area contributed by atoms with E-state index >= 15 is 0 Å². The molecule has 0 spiro atoms. The van der Waals surface area contributed by atoms with Gasteiger partial charge in [-0.2, -0.15) is 0 Å². The van der Waals surface area contributed by atoms with Crippen LogP contribution in [0.4, 0.5) is 5.82 Å². The number of carbonyl (C=O) groups is 1. The van der Waals surface area contributed by atoms with Gasteiger partial charge in [0.15, 0.2) is 5.82 Å². The molecule has 2 aromatic heterocycles. The van der Waals surface area contributed by atoms with Gasteiger partial charge in [-0.15, -0.1) is 0 Å². The van der Waals surface area contributed by atoms with E-state index in [4.69, 9.17) is 4.74 Å². The Hall–Kier alpha value is -2.58. The first-order valence-corrected chi connectivity index (χ1v) is 8.55. The number of pyridine rings is 1. The molecular weight excluding hydrogens is 334 g/mol. The smallest absolute Gasteiger partial charge is 0.219 e. The topological polar surface area (TPSA) is 100 Å². The molecule has 1 aliphatic rings. The Kier molecular flexibility index (Phi) is 5.75. The van der Waals surface area contributed by atoms with Crippen molar-refractivity contribution in [3.63, 3.8) is 0 Å². The van der Waals surface area contributed by atoms with Crippen LogP contribution in [-0.2, 0) is 22.5 Å². The van der Waals surface area contributed by atoms with E-state index in [0.29, 0.717) is 37.7 Å². The molecule has 1 aliphatic heterocycles. The Morgan fingerprint density at radius 2 is 2.31 bits per heavy atom. The molecule has 0 saturated heterocycles. The van der Waals surface area contributed by atoms with Crippen LogP contribution in [0.5, 0.6) is 0 Å². The van der Waals surface area contributed by atoms with Gasteiger partial charge in [-0.05, 0) is 18.6 Å². The van der Waals surface area contributed by atoms with Crippen molar-refractivity contribution in [3.8, 4) is 11.4 Å². The molecule has 0 fully saturated rings. The van der Waals surface area contributed by atoms with Gasteiger partial charge >= 0.3 is 0 Å². The van der Waals surface area contributed by atoms with Gasteiger partial charge in [0.05, 0.1) is 24.9 Å². The number of aliphatic hydroxyl groups excluding tert-OH is 1. The van der Waals surface area contributed by atoms with Crippen molar-refractivity contribution >= 4 is 11.7 Å². The lowest BCUT2D eigenvalue weighted by atomic mass is 10.0. The number of ether oxygens (including phenoxy) is 1. The maximum Gasteiger partial charge on any atom is 0.219 e. The monoisotopic (exact) mass is 357 g/mol. The minimum absolute atomic E-state index is 0.0298. The van der Waals surface area contributed by atoms with E-state index in [1.165, 1.54) is 0 Å². The van der Waals surface area contributed by atoms with Gasteiger partial charge in [0.2, 0.25) is 5.91 Å². The van der Waals surface area contributed by atoms with Crippen LogP contribution in [0.15, 0.2) is 24.5 Å². The third-order valence-electron chi connectivity index (χ3n) is 4.29. The third-order valence-corrected chi connectivity index (χ3v) is 4.29. The van der Waals surface area contributed by atoms with Gasteiger partial charge in [-0.25, -0.2) is 9.97 Å². The van der Waals surface area contributed by atoms with Gasteiger partial charge in [0, 0.05) is 50.6 Å². The molecule has 2 aromatic rings. The highest BCUT2D eigenvalue weighted by Gasteiger charge is 2.24. The quantitative estimate of drug-likeness (QED) is 0.791. The second-order valence-corrected chi connectivity index (χ2v) is 6.24. The van der Waals surface area contributed by atoms with Gasteiger partial charge in [-0.3, -0.25) is 9.78 Å².